The molecular formula is C14H23N3O. The lowest BCUT2D eigenvalue weighted by atomic mass is 9.86. The van der Waals surface area contributed by atoms with Crippen molar-refractivity contribution in [3.05, 3.63) is 12.1 Å². The molecule has 1 aliphatic rings. The number of pyridine rings is 1. The number of nitrogens with zero attached hydrogens (tertiary/aromatic N) is 2. The van der Waals surface area contributed by atoms with E-state index in [0.29, 0.717) is 23.8 Å². The topological polar surface area (TPSA) is 51.4 Å². The number of hydrogen-bond donors (Lipinski definition) is 1. The molecule has 0 spiro atoms. The first kappa shape index (κ1) is 13.0. The van der Waals surface area contributed by atoms with E-state index >= 15 is 0 Å². The zero-order valence-electron chi connectivity index (χ0n) is 11.7. The number of anilines is 2. The lowest BCUT2D eigenvalue weighted by molar-refractivity contribution is 0.295. The Labute approximate surface area is 109 Å². The van der Waals surface area contributed by atoms with Crippen molar-refractivity contribution in [2.45, 2.75) is 33.2 Å². The Bertz CT molecular complexity index is 422. The molecule has 1 aromatic heterocycles. The SMILES string of the molecule is COc1ccc(N)c(N2CC(C)CC(C)C2C)n1. The van der Waals surface area contributed by atoms with E-state index in [1.807, 2.05) is 6.07 Å². The number of hydrogen-bond acceptors (Lipinski definition) is 4. The van der Waals surface area contributed by atoms with Crippen LogP contribution in [0.1, 0.15) is 27.2 Å². The highest BCUT2D eigenvalue weighted by Crippen LogP contribution is 2.33. The number of aromatic nitrogens is 1. The molecule has 4 heteroatoms. The van der Waals surface area contributed by atoms with Crippen LogP contribution in [0.3, 0.4) is 0 Å². The van der Waals surface area contributed by atoms with Gasteiger partial charge in [0.25, 0.3) is 0 Å². The maximum atomic E-state index is 6.07. The Morgan fingerprint density at radius 3 is 2.72 bits per heavy atom. The van der Waals surface area contributed by atoms with Gasteiger partial charge in [-0.25, -0.2) is 0 Å². The van der Waals surface area contributed by atoms with Crippen molar-refractivity contribution in [2.75, 3.05) is 24.3 Å². The van der Waals surface area contributed by atoms with Crippen LogP contribution >= 0.6 is 0 Å². The highest BCUT2D eigenvalue weighted by molar-refractivity contribution is 5.64. The van der Waals surface area contributed by atoms with E-state index in [2.05, 4.69) is 30.7 Å². The zero-order valence-corrected chi connectivity index (χ0v) is 11.7. The van der Waals surface area contributed by atoms with Gasteiger partial charge in [0.05, 0.1) is 12.8 Å². The number of rotatable bonds is 2. The van der Waals surface area contributed by atoms with Gasteiger partial charge in [-0.3, -0.25) is 0 Å². The van der Waals surface area contributed by atoms with Gasteiger partial charge in [0.1, 0.15) is 0 Å². The summed E-state index contributed by atoms with van der Waals surface area (Å²) in [5.74, 6) is 2.81. The third-order valence-corrected chi connectivity index (χ3v) is 3.96. The van der Waals surface area contributed by atoms with Gasteiger partial charge in [-0.15, -0.1) is 0 Å². The molecule has 0 bridgehead atoms. The van der Waals surface area contributed by atoms with Crippen LogP contribution in [0.2, 0.25) is 0 Å². The molecule has 4 nitrogen and oxygen atoms in total. The summed E-state index contributed by atoms with van der Waals surface area (Å²) in [6, 6.07) is 4.14. The average Bonchev–Trinajstić information content (AvgIpc) is 2.34. The van der Waals surface area contributed by atoms with Crippen LogP contribution in [0.15, 0.2) is 12.1 Å². The van der Waals surface area contributed by atoms with E-state index < -0.39 is 0 Å². The van der Waals surface area contributed by atoms with Crippen LogP contribution in [-0.2, 0) is 0 Å². The van der Waals surface area contributed by atoms with Gasteiger partial charge in [-0.1, -0.05) is 13.8 Å². The van der Waals surface area contributed by atoms with Crippen LogP contribution in [-0.4, -0.2) is 24.7 Å². The minimum absolute atomic E-state index is 0.461. The molecule has 1 aliphatic heterocycles. The first-order valence-electron chi connectivity index (χ1n) is 6.60. The first-order chi connectivity index (χ1) is 8.52. The van der Waals surface area contributed by atoms with E-state index in [1.54, 1.807) is 13.2 Å². The Kier molecular flexibility index (Phi) is 3.64. The van der Waals surface area contributed by atoms with Crippen LogP contribution < -0.4 is 15.4 Å². The van der Waals surface area contributed by atoms with Gasteiger partial charge in [0, 0.05) is 18.7 Å². The number of nitrogen functional groups attached to an aromatic ring is 1. The number of nitrogens with two attached hydrogens (primary N) is 1. The number of piperidine rings is 1. The van der Waals surface area contributed by atoms with Crippen LogP contribution in [0.4, 0.5) is 11.5 Å². The quantitative estimate of drug-likeness (QED) is 0.875. The molecule has 2 rings (SSSR count). The summed E-state index contributed by atoms with van der Waals surface area (Å²) in [6.45, 7) is 7.84. The smallest absolute Gasteiger partial charge is 0.215 e. The van der Waals surface area contributed by atoms with Crippen molar-refractivity contribution < 1.29 is 4.74 Å². The maximum absolute atomic E-state index is 6.07. The summed E-state index contributed by atoms with van der Waals surface area (Å²) >= 11 is 0. The summed E-state index contributed by atoms with van der Waals surface area (Å²) < 4.78 is 5.20. The lowest BCUT2D eigenvalue weighted by Gasteiger charge is -2.42. The van der Waals surface area contributed by atoms with Gasteiger partial charge in [0.2, 0.25) is 5.88 Å². The van der Waals surface area contributed by atoms with Gasteiger partial charge in [-0.05, 0) is 31.2 Å². The molecule has 0 saturated carbocycles. The van der Waals surface area contributed by atoms with Crippen LogP contribution in [0, 0.1) is 11.8 Å². The average molecular weight is 249 g/mol. The molecule has 1 saturated heterocycles. The predicted octanol–water partition coefficient (Wildman–Crippen LogP) is 2.54. The largest absolute Gasteiger partial charge is 0.481 e. The van der Waals surface area contributed by atoms with E-state index in [-0.39, 0.29) is 0 Å². The molecule has 3 atom stereocenters. The van der Waals surface area contributed by atoms with Gasteiger partial charge >= 0.3 is 0 Å². The van der Waals surface area contributed by atoms with Crippen LogP contribution in [0.25, 0.3) is 0 Å². The molecule has 18 heavy (non-hydrogen) atoms. The second-order valence-electron chi connectivity index (χ2n) is 5.48. The zero-order chi connectivity index (χ0) is 13.3. The minimum Gasteiger partial charge on any atom is -0.481 e. The fourth-order valence-corrected chi connectivity index (χ4v) is 2.78. The molecule has 0 aliphatic carbocycles. The molecular weight excluding hydrogens is 226 g/mol. The molecule has 1 fully saturated rings. The normalized spacial score (nSPS) is 28.2. The Hall–Kier alpha value is -1.45. The van der Waals surface area contributed by atoms with E-state index in [4.69, 9.17) is 10.5 Å². The van der Waals surface area contributed by atoms with Crippen molar-refractivity contribution >= 4 is 11.5 Å². The molecule has 2 N–H and O–H groups in total. The Morgan fingerprint density at radius 1 is 1.33 bits per heavy atom. The number of methoxy groups -OCH3 is 1. The lowest BCUT2D eigenvalue weighted by Crippen LogP contribution is -2.46. The molecule has 0 amide bonds. The second-order valence-corrected chi connectivity index (χ2v) is 5.48. The Morgan fingerprint density at radius 2 is 2.06 bits per heavy atom. The highest BCUT2D eigenvalue weighted by atomic mass is 16.5. The van der Waals surface area contributed by atoms with E-state index in [9.17, 15) is 0 Å². The molecule has 100 valence electrons. The summed E-state index contributed by atoms with van der Waals surface area (Å²) in [5.41, 5.74) is 6.79. The highest BCUT2D eigenvalue weighted by Gasteiger charge is 2.30. The fraction of sp³-hybridized carbons (Fsp3) is 0.643. The van der Waals surface area contributed by atoms with Gasteiger partial charge in [0.15, 0.2) is 5.82 Å². The molecule has 0 aromatic carbocycles. The third kappa shape index (κ3) is 2.37. The molecule has 2 heterocycles. The van der Waals surface area contributed by atoms with E-state index in [1.165, 1.54) is 6.42 Å². The number of ether oxygens (including phenoxy) is 1. The standard InChI is InChI=1S/C14H23N3O/c1-9-7-10(2)11(3)17(8-9)14-12(15)5-6-13(16-14)18-4/h5-6,9-11H,7-8,15H2,1-4H3. The van der Waals surface area contributed by atoms with E-state index in [0.717, 1.165) is 18.1 Å². The monoisotopic (exact) mass is 249 g/mol. The second kappa shape index (κ2) is 5.04. The van der Waals surface area contributed by atoms with Crippen molar-refractivity contribution in [3.8, 4) is 5.88 Å². The Balaban J connectivity index is 2.34. The van der Waals surface area contributed by atoms with Crippen molar-refractivity contribution in [1.29, 1.82) is 0 Å². The minimum atomic E-state index is 0.461. The molecule has 3 unspecified atom stereocenters. The predicted molar refractivity (Wildman–Crippen MR) is 75.0 cm³/mol. The van der Waals surface area contributed by atoms with Crippen molar-refractivity contribution in [1.82, 2.24) is 4.98 Å². The summed E-state index contributed by atoms with van der Waals surface area (Å²) in [7, 11) is 1.63. The first-order valence-corrected chi connectivity index (χ1v) is 6.60. The maximum Gasteiger partial charge on any atom is 0.215 e. The summed E-state index contributed by atoms with van der Waals surface area (Å²) in [6.07, 6.45) is 1.27. The summed E-state index contributed by atoms with van der Waals surface area (Å²) in [4.78, 5) is 6.83. The summed E-state index contributed by atoms with van der Waals surface area (Å²) in [5, 5.41) is 0. The van der Waals surface area contributed by atoms with Gasteiger partial charge < -0.3 is 15.4 Å². The third-order valence-electron chi connectivity index (χ3n) is 3.96. The van der Waals surface area contributed by atoms with Crippen LogP contribution in [0.5, 0.6) is 5.88 Å². The van der Waals surface area contributed by atoms with Crippen molar-refractivity contribution in [3.63, 3.8) is 0 Å². The molecule has 1 aromatic rings. The van der Waals surface area contributed by atoms with Crippen molar-refractivity contribution in [2.24, 2.45) is 11.8 Å². The molecule has 0 radical (unpaired) electrons. The van der Waals surface area contributed by atoms with Gasteiger partial charge in [-0.2, -0.15) is 4.98 Å². The fourth-order valence-electron chi connectivity index (χ4n) is 2.78.